The Hall–Kier alpha value is -2.99. The summed E-state index contributed by atoms with van der Waals surface area (Å²) in [5.41, 5.74) is -0.621. The van der Waals surface area contributed by atoms with E-state index in [2.05, 4.69) is 5.32 Å². The molecule has 1 aliphatic heterocycles. The van der Waals surface area contributed by atoms with Gasteiger partial charge in [-0.2, -0.15) is 17.5 Å². The van der Waals surface area contributed by atoms with Crippen LogP contribution in [0.4, 0.5) is 18.9 Å². The van der Waals surface area contributed by atoms with Crippen LogP contribution in [0.25, 0.3) is 0 Å². The van der Waals surface area contributed by atoms with E-state index in [1.165, 1.54) is 48.5 Å². The highest BCUT2D eigenvalue weighted by Gasteiger charge is 2.43. The van der Waals surface area contributed by atoms with Crippen LogP contribution < -0.4 is 10.1 Å². The average molecular weight is 547 g/mol. The van der Waals surface area contributed by atoms with Crippen molar-refractivity contribution in [1.82, 2.24) is 4.31 Å². The lowest BCUT2D eigenvalue weighted by molar-refractivity contribution is -0.141. The number of rotatable bonds is 5. The van der Waals surface area contributed by atoms with Gasteiger partial charge in [0.25, 0.3) is 0 Å². The van der Waals surface area contributed by atoms with Crippen LogP contribution in [0, 0.1) is 0 Å². The van der Waals surface area contributed by atoms with Gasteiger partial charge in [0.15, 0.2) is 6.17 Å². The standard InChI is InChI=1S/C22H15Cl2F3N2O5S/c23-14-9-17(24)19-18(10-14)28-20(21(30)31)29(35(19,32)33)11-12-3-1-5-15(7-12)34-16-6-2-4-13(8-16)22(25,26)27/h1-10,20,28H,11H2,(H,30,31). The van der Waals surface area contributed by atoms with E-state index in [-0.39, 0.29) is 32.1 Å². The fraction of sp³-hybridized carbons (Fsp3) is 0.136. The lowest BCUT2D eigenvalue weighted by Crippen LogP contribution is -2.52. The van der Waals surface area contributed by atoms with Gasteiger partial charge < -0.3 is 15.2 Å². The van der Waals surface area contributed by atoms with Crippen molar-refractivity contribution in [3.63, 3.8) is 0 Å². The van der Waals surface area contributed by atoms with Crippen LogP contribution >= 0.6 is 23.2 Å². The number of carboxylic acid groups (broad SMARTS) is 1. The molecule has 35 heavy (non-hydrogen) atoms. The monoisotopic (exact) mass is 546 g/mol. The second-order valence-corrected chi connectivity index (χ2v) is 10.1. The van der Waals surface area contributed by atoms with Gasteiger partial charge in [0.1, 0.15) is 16.4 Å². The number of fused-ring (bicyclic) bond motifs is 1. The third-order valence-corrected chi connectivity index (χ3v) is 7.56. The van der Waals surface area contributed by atoms with Crippen molar-refractivity contribution in [3.05, 3.63) is 81.8 Å². The van der Waals surface area contributed by atoms with Gasteiger partial charge in [-0.05, 0) is 48.0 Å². The molecule has 2 N–H and O–H groups in total. The Morgan fingerprint density at radius 1 is 1.06 bits per heavy atom. The Labute approximate surface area is 207 Å². The van der Waals surface area contributed by atoms with Crippen LogP contribution in [0.3, 0.4) is 0 Å². The largest absolute Gasteiger partial charge is 0.479 e. The van der Waals surface area contributed by atoms with E-state index in [0.717, 1.165) is 12.1 Å². The minimum Gasteiger partial charge on any atom is -0.479 e. The van der Waals surface area contributed by atoms with Gasteiger partial charge in [-0.1, -0.05) is 41.4 Å². The Balaban J connectivity index is 1.66. The van der Waals surface area contributed by atoms with Crippen molar-refractivity contribution in [2.75, 3.05) is 5.32 Å². The molecular weight excluding hydrogens is 532 g/mol. The molecule has 1 aliphatic rings. The molecule has 1 heterocycles. The molecule has 0 aromatic heterocycles. The molecule has 0 saturated carbocycles. The number of alkyl halides is 3. The molecule has 7 nitrogen and oxygen atoms in total. The second kappa shape index (κ2) is 9.23. The summed E-state index contributed by atoms with van der Waals surface area (Å²) in [7, 11) is -4.38. The summed E-state index contributed by atoms with van der Waals surface area (Å²) in [5.74, 6) is -1.42. The van der Waals surface area contributed by atoms with Crippen molar-refractivity contribution in [3.8, 4) is 11.5 Å². The quantitative estimate of drug-likeness (QED) is 0.418. The van der Waals surface area contributed by atoms with Crippen molar-refractivity contribution in [2.24, 2.45) is 0 Å². The minimum atomic E-state index is -4.55. The van der Waals surface area contributed by atoms with Crippen molar-refractivity contribution >= 4 is 44.9 Å². The van der Waals surface area contributed by atoms with Gasteiger partial charge in [0, 0.05) is 11.6 Å². The number of benzene rings is 3. The molecule has 0 fully saturated rings. The predicted molar refractivity (Wildman–Crippen MR) is 122 cm³/mol. The van der Waals surface area contributed by atoms with E-state index in [0.29, 0.717) is 9.87 Å². The third-order valence-electron chi connectivity index (χ3n) is 5.02. The first-order chi connectivity index (χ1) is 16.4. The van der Waals surface area contributed by atoms with E-state index < -0.39 is 40.4 Å². The number of hydrogen-bond acceptors (Lipinski definition) is 5. The number of carbonyl (C=O) groups is 1. The van der Waals surface area contributed by atoms with Crippen LogP contribution in [0.1, 0.15) is 11.1 Å². The van der Waals surface area contributed by atoms with Crippen LogP contribution in [0.5, 0.6) is 11.5 Å². The molecule has 0 spiro atoms. The van der Waals surface area contributed by atoms with Crippen LogP contribution in [0.15, 0.2) is 65.6 Å². The summed E-state index contributed by atoms with van der Waals surface area (Å²) >= 11 is 12.0. The number of halogens is 5. The Bertz CT molecular complexity index is 1420. The lowest BCUT2D eigenvalue weighted by atomic mass is 10.2. The minimum absolute atomic E-state index is 0.0484. The molecule has 0 amide bonds. The number of ether oxygens (including phenoxy) is 1. The second-order valence-electron chi connectivity index (χ2n) is 7.47. The van der Waals surface area contributed by atoms with Crippen molar-refractivity contribution < 1.29 is 36.2 Å². The zero-order valence-electron chi connectivity index (χ0n) is 17.4. The summed E-state index contributed by atoms with van der Waals surface area (Å²) in [6.07, 6.45) is -6.22. The average Bonchev–Trinajstić information content (AvgIpc) is 2.74. The first-order valence-electron chi connectivity index (χ1n) is 9.80. The topological polar surface area (TPSA) is 95.9 Å². The number of carboxylic acids is 1. The Kier molecular flexibility index (Phi) is 6.62. The van der Waals surface area contributed by atoms with Crippen molar-refractivity contribution in [2.45, 2.75) is 23.8 Å². The summed E-state index contributed by atoms with van der Waals surface area (Å²) in [6.45, 7) is -0.398. The number of aliphatic carboxylic acids is 1. The Morgan fingerprint density at radius 2 is 1.71 bits per heavy atom. The fourth-order valence-electron chi connectivity index (χ4n) is 3.53. The Morgan fingerprint density at radius 3 is 2.37 bits per heavy atom. The number of hydrogen-bond donors (Lipinski definition) is 2. The molecule has 1 unspecified atom stereocenters. The van der Waals surface area contributed by atoms with Crippen LogP contribution in [0.2, 0.25) is 10.0 Å². The normalized spacial score (nSPS) is 17.3. The highest BCUT2D eigenvalue weighted by molar-refractivity contribution is 7.89. The predicted octanol–water partition coefficient (Wildman–Crippen LogP) is 5.83. The van der Waals surface area contributed by atoms with E-state index in [1.807, 2.05) is 0 Å². The molecule has 13 heteroatoms. The summed E-state index contributed by atoms with van der Waals surface area (Å²) < 4.78 is 71.8. The highest BCUT2D eigenvalue weighted by Crippen LogP contribution is 2.40. The molecule has 4 rings (SSSR count). The molecule has 1 atom stereocenters. The first kappa shape index (κ1) is 25.1. The summed E-state index contributed by atoms with van der Waals surface area (Å²) in [6, 6.07) is 12.6. The molecule has 0 aliphatic carbocycles. The maximum atomic E-state index is 13.3. The molecular formula is C22H15Cl2F3N2O5S. The van der Waals surface area contributed by atoms with Gasteiger partial charge in [0.05, 0.1) is 16.3 Å². The van der Waals surface area contributed by atoms with E-state index in [4.69, 9.17) is 27.9 Å². The number of nitrogens with one attached hydrogen (secondary N) is 1. The maximum Gasteiger partial charge on any atom is 0.416 e. The van der Waals surface area contributed by atoms with Gasteiger partial charge in [-0.3, -0.25) is 0 Å². The zero-order chi connectivity index (χ0) is 25.5. The fourth-order valence-corrected chi connectivity index (χ4v) is 5.99. The zero-order valence-corrected chi connectivity index (χ0v) is 19.7. The highest BCUT2D eigenvalue weighted by atomic mass is 35.5. The smallest absolute Gasteiger partial charge is 0.416 e. The third kappa shape index (κ3) is 5.18. The lowest BCUT2D eigenvalue weighted by Gasteiger charge is -2.35. The molecule has 0 bridgehead atoms. The van der Waals surface area contributed by atoms with Gasteiger partial charge in [-0.25, -0.2) is 13.2 Å². The number of sulfonamides is 1. The van der Waals surface area contributed by atoms with E-state index in [9.17, 15) is 31.5 Å². The molecule has 3 aromatic rings. The first-order valence-corrected chi connectivity index (χ1v) is 12.0. The molecule has 184 valence electrons. The maximum absolute atomic E-state index is 13.3. The van der Waals surface area contributed by atoms with E-state index >= 15 is 0 Å². The van der Waals surface area contributed by atoms with Crippen LogP contribution in [-0.4, -0.2) is 30.0 Å². The molecule has 0 radical (unpaired) electrons. The van der Waals surface area contributed by atoms with Gasteiger partial charge >= 0.3 is 12.1 Å². The van der Waals surface area contributed by atoms with Gasteiger partial charge in [-0.15, -0.1) is 0 Å². The SMILES string of the molecule is O=C(O)C1Nc2cc(Cl)cc(Cl)c2S(=O)(=O)N1Cc1cccc(Oc2cccc(C(F)(F)F)c2)c1. The number of nitrogens with zero attached hydrogens (tertiary/aromatic N) is 1. The van der Waals surface area contributed by atoms with Crippen molar-refractivity contribution in [1.29, 1.82) is 0 Å². The van der Waals surface area contributed by atoms with Gasteiger partial charge in [0.2, 0.25) is 10.0 Å². The molecule has 3 aromatic carbocycles. The van der Waals surface area contributed by atoms with Crippen LogP contribution in [-0.2, 0) is 27.5 Å². The number of anilines is 1. The van der Waals surface area contributed by atoms with E-state index in [1.54, 1.807) is 0 Å². The summed E-state index contributed by atoms with van der Waals surface area (Å²) in [5, 5.41) is 12.2. The summed E-state index contributed by atoms with van der Waals surface area (Å²) in [4.78, 5) is 11.6. The molecule has 0 saturated heterocycles.